The van der Waals surface area contributed by atoms with Crippen molar-refractivity contribution in [2.24, 2.45) is 0 Å². The quantitative estimate of drug-likeness (QED) is 0.817. The minimum atomic E-state index is 0.0109. The Hall–Kier alpha value is -1.26. The fraction of sp³-hybridized carbons (Fsp3) is 0.462. The van der Waals surface area contributed by atoms with E-state index in [1.54, 1.807) is 0 Å². The molecule has 0 atom stereocenters. The second-order valence-electron chi connectivity index (χ2n) is 4.78. The molecule has 96 valence electrons. The number of halogens is 1. The normalized spacial score (nSPS) is 20.5. The molecule has 0 bridgehead atoms. The molecular formula is C13H16ClN3O. The molecule has 0 unspecified atom stereocenters. The van der Waals surface area contributed by atoms with Gasteiger partial charge in [0.25, 0.3) is 0 Å². The van der Waals surface area contributed by atoms with Crippen molar-refractivity contribution in [3.05, 3.63) is 28.8 Å². The van der Waals surface area contributed by atoms with Crippen molar-refractivity contribution < 1.29 is 4.79 Å². The summed E-state index contributed by atoms with van der Waals surface area (Å²) in [6, 6.07) is 6.04. The van der Waals surface area contributed by atoms with E-state index in [4.69, 9.17) is 11.6 Å². The number of nitrogens with zero attached hydrogens (tertiary/aromatic N) is 1. The molecule has 1 saturated heterocycles. The highest BCUT2D eigenvalue weighted by molar-refractivity contribution is 6.30. The summed E-state index contributed by atoms with van der Waals surface area (Å²) in [6.45, 7) is 2.50. The van der Waals surface area contributed by atoms with Crippen LogP contribution in [0.3, 0.4) is 0 Å². The fourth-order valence-electron chi connectivity index (χ4n) is 2.72. The van der Waals surface area contributed by atoms with Crippen LogP contribution in [0.1, 0.15) is 18.4 Å². The standard InChI is InChI=1S/C13H16ClN3O/c14-10-1-2-12-9(7-10)8-16-13(18)17(12)11-3-5-15-6-4-11/h1-2,7,11,15H,3-6,8H2,(H,16,18). The number of hydrogen-bond acceptors (Lipinski definition) is 2. The summed E-state index contributed by atoms with van der Waals surface area (Å²) in [6.07, 6.45) is 1.99. The van der Waals surface area contributed by atoms with Crippen LogP contribution in [0.15, 0.2) is 18.2 Å². The molecule has 18 heavy (non-hydrogen) atoms. The van der Waals surface area contributed by atoms with Gasteiger partial charge < -0.3 is 10.6 Å². The van der Waals surface area contributed by atoms with Gasteiger partial charge in [0.15, 0.2) is 0 Å². The molecule has 0 aromatic heterocycles. The molecule has 3 rings (SSSR count). The van der Waals surface area contributed by atoms with Gasteiger partial charge in [0, 0.05) is 17.6 Å². The lowest BCUT2D eigenvalue weighted by Gasteiger charge is -2.38. The van der Waals surface area contributed by atoms with Crippen molar-refractivity contribution in [2.45, 2.75) is 25.4 Å². The molecule has 4 nitrogen and oxygen atoms in total. The third-order valence-corrected chi connectivity index (χ3v) is 3.86. The molecule has 2 N–H and O–H groups in total. The third-order valence-electron chi connectivity index (χ3n) is 3.62. The van der Waals surface area contributed by atoms with E-state index in [9.17, 15) is 4.79 Å². The molecule has 1 fully saturated rings. The van der Waals surface area contributed by atoms with E-state index in [0.717, 1.165) is 42.2 Å². The Kier molecular flexibility index (Phi) is 3.14. The summed E-state index contributed by atoms with van der Waals surface area (Å²) in [4.78, 5) is 14.0. The van der Waals surface area contributed by atoms with Crippen molar-refractivity contribution in [1.82, 2.24) is 10.6 Å². The summed E-state index contributed by atoms with van der Waals surface area (Å²) in [7, 11) is 0. The van der Waals surface area contributed by atoms with Gasteiger partial charge in [0.05, 0.1) is 5.69 Å². The van der Waals surface area contributed by atoms with E-state index in [1.165, 1.54) is 0 Å². The van der Waals surface area contributed by atoms with Gasteiger partial charge in [-0.2, -0.15) is 0 Å². The van der Waals surface area contributed by atoms with E-state index in [-0.39, 0.29) is 12.1 Å². The number of anilines is 1. The van der Waals surface area contributed by atoms with Gasteiger partial charge >= 0.3 is 6.03 Å². The molecule has 0 radical (unpaired) electrons. The van der Waals surface area contributed by atoms with Crippen LogP contribution in [0.2, 0.25) is 5.02 Å². The number of amides is 2. The highest BCUT2D eigenvalue weighted by atomic mass is 35.5. The molecule has 2 aliphatic heterocycles. The number of carbonyl (C=O) groups is 1. The molecule has 0 aliphatic carbocycles. The zero-order valence-electron chi connectivity index (χ0n) is 10.1. The van der Waals surface area contributed by atoms with Gasteiger partial charge in [-0.3, -0.25) is 4.90 Å². The molecule has 1 aromatic rings. The predicted octanol–water partition coefficient (Wildman–Crippen LogP) is 2.12. The first-order valence-electron chi connectivity index (χ1n) is 6.32. The van der Waals surface area contributed by atoms with Gasteiger partial charge in [0.1, 0.15) is 0 Å². The van der Waals surface area contributed by atoms with Gasteiger partial charge in [-0.05, 0) is 49.7 Å². The molecule has 2 amide bonds. The lowest BCUT2D eigenvalue weighted by molar-refractivity contribution is 0.240. The Morgan fingerprint density at radius 1 is 1.28 bits per heavy atom. The summed E-state index contributed by atoms with van der Waals surface area (Å²) in [5.41, 5.74) is 2.11. The second kappa shape index (κ2) is 4.78. The average molecular weight is 266 g/mol. The highest BCUT2D eigenvalue weighted by Gasteiger charge is 2.31. The second-order valence-corrected chi connectivity index (χ2v) is 5.22. The minimum absolute atomic E-state index is 0.0109. The molecule has 0 saturated carbocycles. The first-order valence-corrected chi connectivity index (χ1v) is 6.70. The van der Waals surface area contributed by atoms with Gasteiger partial charge in [-0.15, -0.1) is 0 Å². The maximum absolute atomic E-state index is 12.1. The predicted molar refractivity (Wildman–Crippen MR) is 72.1 cm³/mol. The summed E-state index contributed by atoms with van der Waals surface area (Å²) in [5, 5.41) is 6.96. The Morgan fingerprint density at radius 2 is 2.06 bits per heavy atom. The number of fused-ring (bicyclic) bond motifs is 1. The van der Waals surface area contributed by atoms with E-state index in [0.29, 0.717) is 6.54 Å². The molecule has 2 aliphatic rings. The van der Waals surface area contributed by atoms with Crippen molar-refractivity contribution in [3.8, 4) is 0 Å². The number of rotatable bonds is 1. The van der Waals surface area contributed by atoms with Crippen LogP contribution >= 0.6 is 11.6 Å². The van der Waals surface area contributed by atoms with E-state index in [1.807, 2.05) is 23.1 Å². The van der Waals surface area contributed by atoms with Crippen molar-refractivity contribution in [2.75, 3.05) is 18.0 Å². The Balaban J connectivity index is 1.95. The average Bonchev–Trinajstić information content (AvgIpc) is 2.40. The lowest BCUT2D eigenvalue weighted by atomic mass is 10.0. The largest absolute Gasteiger partial charge is 0.334 e. The van der Waals surface area contributed by atoms with Crippen LogP contribution in [0.5, 0.6) is 0 Å². The van der Waals surface area contributed by atoms with Crippen LogP contribution in [-0.4, -0.2) is 25.2 Å². The minimum Gasteiger partial charge on any atom is -0.334 e. The van der Waals surface area contributed by atoms with Gasteiger partial charge in [-0.25, -0.2) is 4.79 Å². The van der Waals surface area contributed by atoms with Gasteiger partial charge in [-0.1, -0.05) is 11.6 Å². The van der Waals surface area contributed by atoms with Crippen LogP contribution < -0.4 is 15.5 Å². The van der Waals surface area contributed by atoms with Crippen LogP contribution in [-0.2, 0) is 6.54 Å². The number of hydrogen-bond donors (Lipinski definition) is 2. The number of nitrogens with one attached hydrogen (secondary N) is 2. The Labute approximate surface area is 111 Å². The Morgan fingerprint density at radius 3 is 2.83 bits per heavy atom. The van der Waals surface area contributed by atoms with Crippen LogP contribution in [0.25, 0.3) is 0 Å². The molecular weight excluding hydrogens is 250 g/mol. The lowest BCUT2D eigenvalue weighted by Crippen LogP contribution is -2.52. The first kappa shape index (κ1) is 11.8. The maximum Gasteiger partial charge on any atom is 0.322 e. The molecule has 2 heterocycles. The van der Waals surface area contributed by atoms with Crippen LogP contribution in [0.4, 0.5) is 10.5 Å². The first-order chi connectivity index (χ1) is 8.75. The Bertz CT molecular complexity index is 471. The zero-order chi connectivity index (χ0) is 12.5. The number of carbonyl (C=O) groups excluding carboxylic acids is 1. The third kappa shape index (κ3) is 2.06. The summed E-state index contributed by atoms with van der Waals surface area (Å²) in [5.74, 6) is 0. The van der Waals surface area contributed by atoms with E-state index in [2.05, 4.69) is 10.6 Å². The van der Waals surface area contributed by atoms with Crippen LogP contribution in [0, 0.1) is 0 Å². The molecule has 0 spiro atoms. The number of piperidine rings is 1. The topological polar surface area (TPSA) is 44.4 Å². The monoisotopic (exact) mass is 265 g/mol. The SMILES string of the molecule is O=C1NCc2cc(Cl)ccc2N1C1CCNCC1. The maximum atomic E-state index is 12.1. The van der Waals surface area contributed by atoms with Crippen molar-refractivity contribution in [3.63, 3.8) is 0 Å². The fourth-order valence-corrected chi connectivity index (χ4v) is 2.92. The smallest absolute Gasteiger partial charge is 0.322 e. The molecule has 5 heteroatoms. The molecule has 1 aromatic carbocycles. The highest BCUT2D eigenvalue weighted by Crippen LogP contribution is 2.30. The number of benzene rings is 1. The van der Waals surface area contributed by atoms with Crippen molar-refractivity contribution >= 4 is 23.3 Å². The summed E-state index contributed by atoms with van der Waals surface area (Å²) < 4.78 is 0. The number of urea groups is 1. The van der Waals surface area contributed by atoms with E-state index < -0.39 is 0 Å². The van der Waals surface area contributed by atoms with Crippen molar-refractivity contribution in [1.29, 1.82) is 0 Å². The van der Waals surface area contributed by atoms with Gasteiger partial charge in [0.2, 0.25) is 0 Å². The van der Waals surface area contributed by atoms with E-state index >= 15 is 0 Å². The summed E-state index contributed by atoms with van der Waals surface area (Å²) >= 11 is 6.01. The zero-order valence-corrected chi connectivity index (χ0v) is 10.8.